The van der Waals surface area contributed by atoms with Gasteiger partial charge in [-0.15, -0.1) is 0 Å². The van der Waals surface area contributed by atoms with Crippen LogP contribution in [0.15, 0.2) is 59.1 Å². The average molecular weight is 334 g/mol. The summed E-state index contributed by atoms with van der Waals surface area (Å²) >= 11 is 3.45. The van der Waals surface area contributed by atoms with Crippen molar-refractivity contribution in [3.8, 4) is 0 Å². The monoisotopic (exact) mass is 333 g/mol. The molecule has 1 unspecified atom stereocenters. The van der Waals surface area contributed by atoms with E-state index in [0.29, 0.717) is 6.61 Å². The molecular formula is C17H20BrNO. The van der Waals surface area contributed by atoms with E-state index in [4.69, 9.17) is 4.74 Å². The highest BCUT2D eigenvalue weighted by molar-refractivity contribution is 9.10. The lowest BCUT2D eigenvalue weighted by molar-refractivity contribution is 0.0401. The van der Waals surface area contributed by atoms with E-state index >= 15 is 0 Å². The molecule has 20 heavy (non-hydrogen) atoms. The predicted molar refractivity (Wildman–Crippen MR) is 86.7 cm³/mol. The molecule has 1 N–H and O–H groups in total. The van der Waals surface area contributed by atoms with E-state index < -0.39 is 0 Å². The molecule has 2 rings (SSSR count). The second-order valence-corrected chi connectivity index (χ2v) is 5.56. The summed E-state index contributed by atoms with van der Waals surface area (Å²) < 4.78 is 7.17. The Balaban J connectivity index is 1.99. The van der Waals surface area contributed by atoms with Crippen LogP contribution in [0.2, 0.25) is 0 Å². The molecule has 2 aromatic carbocycles. The van der Waals surface area contributed by atoms with Crippen molar-refractivity contribution in [3.63, 3.8) is 0 Å². The van der Waals surface area contributed by atoms with Crippen LogP contribution in [-0.2, 0) is 11.3 Å². The van der Waals surface area contributed by atoms with Gasteiger partial charge in [0.05, 0.1) is 12.7 Å². The van der Waals surface area contributed by atoms with Crippen LogP contribution in [0.4, 0.5) is 0 Å². The van der Waals surface area contributed by atoms with E-state index in [0.717, 1.165) is 17.6 Å². The van der Waals surface area contributed by atoms with Crippen LogP contribution in [0.3, 0.4) is 0 Å². The topological polar surface area (TPSA) is 21.3 Å². The maximum absolute atomic E-state index is 6.08. The third-order valence-electron chi connectivity index (χ3n) is 3.12. The molecule has 0 radical (unpaired) electrons. The van der Waals surface area contributed by atoms with Gasteiger partial charge in [-0.05, 0) is 29.8 Å². The third kappa shape index (κ3) is 4.75. The Hall–Kier alpha value is -1.16. The minimum atomic E-state index is 0.0831. The number of likely N-dealkylation sites (N-methyl/N-ethyl adjacent to an activating group) is 1. The van der Waals surface area contributed by atoms with E-state index in [1.165, 1.54) is 11.1 Å². The number of hydrogen-bond acceptors (Lipinski definition) is 2. The van der Waals surface area contributed by atoms with Gasteiger partial charge in [0.15, 0.2) is 0 Å². The first kappa shape index (κ1) is 15.2. The number of nitrogens with one attached hydrogen (secondary N) is 1. The van der Waals surface area contributed by atoms with Crippen LogP contribution in [0.5, 0.6) is 0 Å². The van der Waals surface area contributed by atoms with Gasteiger partial charge in [0, 0.05) is 11.0 Å². The fraction of sp³-hybridized carbons (Fsp3) is 0.294. The number of ether oxygens (including phenoxy) is 1. The van der Waals surface area contributed by atoms with E-state index in [1.807, 2.05) is 18.2 Å². The highest BCUT2D eigenvalue weighted by atomic mass is 79.9. The SMILES string of the molecule is CCNCC(OCc1ccc(Br)cc1)c1ccccc1. The molecule has 0 aliphatic carbocycles. The molecule has 106 valence electrons. The Labute approximate surface area is 129 Å². The molecule has 2 aromatic rings. The summed E-state index contributed by atoms with van der Waals surface area (Å²) in [5.74, 6) is 0. The Morgan fingerprint density at radius 1 is 1.05 bits per heavy atom. The van der Waals surface area contributed by atoms with Crippen molar-refractivity contribution in [2.75, 3.05) is 13.1 Å². The summed E-state index contributed by atoms with van der Waals surface area (Å²) in [5, 5.41) is 3.36. The van der Waals surface area contributed by atoms with Crippen molar-refractivity contribution in [2.24, 2.45) is 0 Å². The van der Waals surface area contributed by atoms with Gasteiger partial charge in [-0.3, -0.25) is 0 Å². The molecule has 0 saturated heterocycles. The largest absolute Gasteiger partial charge is 0.368 e. The third-order valence-corrected chi connectivity index (χ3v) is 3.64. The highest BCUT2D eigenvalue weighted by Gasteiger charge is 2.11. The fourth-order valence-electron chi connectivity index (χ4n) is 1.99. The van der Waals surface area contributed by atoms with E-state index in [9.17, 15) is 0 Å². The summed E-state index contributed by atoms with van der Waals surface area (Å²) in [7, 11) is 0. The summed E-state index contributed by atoms with van der Waals surface area (Å²) in [4.78, 5) is 0. The fourth-order valence-corrected chi connectivity index (χ4v) is 2.26. The lowest BCUT2D eigenvalue weighted by Gasteiger charge is -2.19. The molecule has 0 amide bonds. The first-order valence-corrected chi connectivity index (χ1v) is 7.70. The zero-order chi connectivity index (χ0) is 14.2. The minimum absolute atomic E-state index is 0.0831. The molecule has 0 fully saturated rings. The first-order chi connectivity index (χ1) is 9.79. The van der Waals surface area contributed by atoms with Gasteiger partial charge in [-0.1, -0.05) is 65.3 Å². The van der Waals surface area contributed by atoms with E-state index in [1.54, 1.807) is 0 Å². The van der Waals surface area contributed by atoms with Gasteiger partial charge in [-0.25, -0.2) is 0 Å². The lowest BCUT2D eigenvalue weighted by Crippen LogP contribution is -2.23. The van der Waals surface area contributed by atoms with Gasteiger partial charge in [-0.2, -0.15) is 0 Å². The molecule has 1 atom stereocenters. The Morgan fingerprint density at radius 2 is 1.75 bits per heavy atom. The maximum atomic E-state index is 6.08. The predicted octanol–water partition coefficient (Wildman–Crippen LogP) is 4.32. The highest BCUT2D eigenvalue weighted by Crippen LogP contribution is 2.19. The van der Waals surface area contributed by atoms with Crippen molar-refractivity contribution in [1.82, 2.24) is 5.32 Å². The Bertz CT molecular complexity index is 498. The molecule has 0 saturated carbocycles. The number of hydrogen-bond donors (Lipinski definition) is 1. The number of halogens is 1. The molecule has 0 aromatic heterocycles. The van der Waals surface area contributed by atoms with Crippen molar-refractivity contribution >= 4 is 15.9 Å². The second kappa shape index (κ2) is 8.20. The summed E-state index contributed by atoms with van der Waals surface area (Å²) in [6, 6.07) is 18.6. The van der Waals surface area contributed by atoms with Crippen LogP contribution >= 0.6 is 15.9 Å². The summed E-state index contributed by atoms with van der Waals surface area (Å²) in [5.41, 5.74) is 2.40. The van der Waals surface area contributed by atoms with Gasteiger partial charge < -0.3 is 10.1 Å². The normalized spacial score (nSPS) is 12.3. The van der Waals surface area contributed by atoms with E-state index in [-0.39, 0.29) is 6.10 Å². The van der Waals surface area contributed by atoms with Crippen LogP contribution in [0.1, 0.15) is 24.2 Å². The van der Waals surface area contributed by atoms with Gasteiger partial charge in [0.25, 0.3) is 0 Å². The Morgan fingerprint density at radius 3 is 2.40 bits per heavy atom. The molecule has 0 aliphatic rings. The molecule has 0 bridgehead atoms. The maximum Gasteiger partial charge on any atom is 0.0953 e. The van der Waals surface area contributed by atoms with E-state index in [2.05, 4.69) is 64.6 Å². The molecule has 3 heteroatoms. The standard InChI is InChI=1S/C17H20BrNO/c1-2-19-12-17(15-6-4-3-5-7-15)20-13-14-8-10-16(18)11-9-14/h3-11,17,19H,2,12-13H2,1H3. The smallest absolute Gasteiger partial charge is 0.0953 e. The van der Waals surface area contributed by atoms with Gasteiger partial charge >= 0.3 is 0 Å². The van der Waals surface area contributed by atoms with Gasteiger partial charge in [0.1, 0.15) is 0 Å². The van der Waals surface area contributed by atoms with Crippen LogP contribution in [0.25, 0.3) is 0 Å². The summed E-state index contributed by atoms with van der Waals surface area (Å²) in [6.45, 7) is 4.51. The zero-order valence-corrected chi connectivity index (χ0v) is 13.3. The minimum Gasteiger partial charge on any atom is -0.368 e. The van der Waals surface area contributed by atoms with Crippen LogP contribution in [-0.4, -0.2) is 13.1 Å². The first-order valence-electron chi connectivity index (χ1n) is 6.91. The second-order valence-electron chi connectivity index (χ2n) is 4.64. The number of benzene rings is 2. The molecule has 0 spiro atoms. The Kier molecular flexibility index (Phi) is 6.25. The number of rotatable bonds is 7. The van der Waals surface area contributed by atoms with Crippen molar-refractivity contribution in [1.29, 1.82) is 0 Å². The molecule has 0 aliphatic heterocycles. The van der Waals surface area contributed by atoms with Crippen LogP contribution < -0.4 is 5.32 Å². The zero-order valence-electron chi connectivity index (χ0n) is 11.7. The molecule has 0 heterocycles. The van der Waals surface area contributed by atoms with Crippen molar-refractivity contribution < 1.29 is 4.74 Å². The average Bonchev–Trinajstić information content (AvgIpc) is 2.50. The lowest BCUT2D eigenvalue weighted by atomic mass is 10.1. The van der Waals surface area contributed by atoms with Crippen LogP contribution in [0, 0.1) is 0 Å². The van der Waals surface area contributed by atoms with Crippen molar-refractivity contribution in [3.05, 3.63) is 70.2 Å². The van der Waals surface area contributed by atoms with Gasteiger partial charge in [0.2, 0.25) is 0 Å². The summed E-state index contributed by atoms with van der Waals surface area (Å²) in [6.07, 6.45) is 0.0831. The molecule has 2 nitrogen and oxygen atoms in total. The van der Waals surface area contributed by atoms with Crippen molar-refractivity contribution in [2.45, 2.75) is 19.6 Å². The quantitative estimate of drug-likeness (QED) is 0.814. The molecular weight excluding hydrogens is 314 g/mol.